The number of aryl methyl sites for hydroxylation is 1. The van der Waals surface area contributed by atoms with E-state index < -0.39 is 0 Å². The van der Waals surface area contributed by atoms with Crippen molar-refractivity contribution in [3.05, 3.63) is 101 Å². The van der Waals surface area contributed by atoms with E-state index >= 15 is 0 Å². The first kappa shape index (κ1) is 19.2. The van der Waals surface area contributed by atoms with Crippen molar-refractivity contribution in [2.75, 3.05) is 11.9 Å². The molecule has 0 N–H and O–H groups in total. The quantitative estimate of drug-likeness (QED) is 0.474. The molecule has 2 aromatic carbocycles. The van der Waals surface area contributed by atoms with E-state index in [4.69, 9.17) is 0 Å². The Morgan fingerprint density at radius 3 is 2.57 bits per heavy atom. The molecule has 1 aromatic heterocycles. The maximum Gasteiger partial charge on any atom is 0.251 e. The third-order valence-electron chi connectivity index (χ3n) is 4.40. The number of pyridine rings is 1. The minimum absolute atomic E-state index is 0.0794. The van der Waals surface area contributed by atoms with Crippen LogP contribution in [0.3, 0.4) is 0 Å². The van der Waals surface area contributed by atoms with Gasteiger partial charge in [-0.25, -0.2) is 4.98 Å². The van der Waals surface area contributed by atoms with E-state index in [1.165, 1.54) is 11.0 Å². The lowest BCUT2D eigenvalue weighted by atomic mass is 10.00. The van der Waals surface area contributed by atoms with Gasteiger partial charge in [0.15, 0.2) is 5.78 Å². The molecule has 0 aliphatic carbocycles. The Morgan fingerprint density at radius 1 is 1.00 bits per heavy atom. The Kier molecular flexibility index (Phi) is 6.12. The van der Waals surface area contributed by atoms with Crippen molar-refractivity contribution >= 4 is 23.6 Å². The van der Waals surface area contributed by atoms with E-state index in [1.54, 1.807) is 31.5 Å². The average molecular weight is 370 g/mol. The van der Waals surface area contributed by atoms with Gasteiger partial charge in [0.05, 0.1) is 0 Å². The molecule has 0 aliphatic rings. The molecule has 0 spiro atoms. The van der Waals surface area contributed by atoms with E-state index in [0.29, 0.717) is 17.8 Å². The number of anilines is 1. The fraction of sp³-hybridized carbons (Fsp3) is 0.125. The number of amides is 1. The monoisotopic (exact) mass is 370 g/mol. The summed E-state index contributed by atoms with van der Waals surface area (Å²) >= 11 is 0. The number of nitrogens with zero attached hydrogens (tertiary/aromatic N) is 2. The van der Waals surface area contributed by atoms with Crippen molar-refractivity contribution in [2.45, 2.75) is 13.3 Å². The zero-order valence-electron chi connectivity index (χ0n) is 16.0. The molecule has 3 aromatic rings. The van der Waals surface area contributed by atoms with Crippen molar-refractivity contribution < 1.29 is 9.59 Å². The minimum atomic E-state index is -0.167. The average Bonchev–Trinajstić information content (AvgIpc) is 2.72. The van der Waals surface area contributed by atoms with E-state index in [9.17, 15) is 9.59 Å². The van der Waals surface area contributed by atoms with Crippen LogP contribution in [0.25, 0.3) is 6.08 Å². The first-order valence-electron chi connectivity index (χ1n) is 9.08. The van der Waals surface area contributed by atoms with E-state index in [0.717, 1.165) is 16.7 Å². The first-order chi connectivity index (χ1) is 13.5. The molecule has 1 heterocycles. The van der Waals surface area contributed by atoms with E-state index in [2.05, 4.69) is 4.98 Å². The van der Waals surface area contributed by atoms with Crippen molar-refractivity contribution in [1.29, 1.82) is 0 Å². The lowest BCUT2D eigenvalue weighted by molar-refractivity contribution is -0.113. The minimum Gasteiger partial charge on any atom is -0.296 e. The molecule has 0 saturated carbocycles. The Bertz CT molecular complexity index is 1010. The van der Waals surface area contributed by atoms with Crippen LogP contribution in [-0.4, -0.2) is 23.7 Å². The number of carbonyl (C=O) groups excluding carboxylic acids is 2. The lowest BCUT2D eigenvalue weighted by Gasteiger charge is -2.13. The Hall–Kier alpha value is -3.53. The summed E-state index contributed by atoms with van der Waals surface area (Å²) in [6, 6.07) is 20.7. The van der Waals surface area contributed by atoms with Crippen molar-refractivity contribution in [3.63, 3.8) is 0 Å². The highest BCUT2D eigenvalue weighted by molar-refractivity contribution is 6.03. The summed E-state index contributed by atoms with van der Waals surface area (Å²) in [5, 5.41) is 0. The van der Waals surface area contributed by atoms with Crippen LogP contribution in [0.2, 0.25) is 0 Å². The van der Waals surface area contributed by atoms with Gasteiger partial charge in [0.1, 0.15) is 5.82 Å². The predicted molar refractivity (Wildman–Crippen MR) is 112 cm³/mol. The highest BCUT2D eigenvalue weighted by atomic mass is 16.2. The number of hydrogen-bond donors (Lipinski definition) is 0. The van der Waals surface area contributed by atoms with Gasteiger partial charge in [0.25, 0.3) is 5.91 Å². The number of hydrogen-bond acceptors (Lipinski definition) is 3. The van der Waals surface area contributed by atoms with Crippen LogP contribution in [0.4, 0.5) is 5.82 Å². The van der Waals surface area contributed by atoms with Crippen LogP contribution in [0, 0.1) is 6.92 Å². The summed E-state index contributed by atoms with van der Waals surface area (Å²) < 4.78 is 0. The van der Waals surface area contributed by atoms with E-state index in [1.807, 2.05) is 61.5 Å². The second-order valence-electron chi connectivity index (χ2n) is 6.63. The molecule has 4 heteroatoms. The molecule has 3 rings (SSSR count). The second-order valence-corrected chi connectivity index (χ2v) is 6.63. The zero-order valence-corrected chi connectivity index (χ0v) is 16.0. The summed E-state index contributed by atoms with van der Waals surface area (Å²) in [4.78, 5) is 30.5. The molecular weight excluding hydrogens is 348 g/mol. The molecule has 0 unspecified atom stereocenters. The SMILES string of the molecule is Cc1cccc(C(=O)Cc2cccc(/C=C/C(=O)N(C)c3ccccn3)c2)c1. The van der Waals surface area contributed by atoms with Gasteiger partial charge in [0, 0.05) is 31.3 Å². The molecule has 140 valence electrons. The molecule has 28 heavy (non-hydrogen) atoms. The van der Waals surface area contributed by atoms with Gasteiger partial charge in [-0.05, 0) is 42.3 Å². The summed E-state index contributed by atoms with van der Waals surface area (Å²) in [6.45, 7) is 1.97. The normalized spacial score (nSPS) is 10.8. The van der Waals surface area contributed by atoms with Gasteiger partial charge in [-0.1, -0.05) is 54.1 Å². The van der Waals surface area contributed by atoms with Crippen LogP contribution in [0.15, 0.2) is 79.0 Å². The molecule has 0 atom stereocenters. The largest absolute Gasteiger partial charge is 0.296 e. The van der Waals surface area contributed by atoms with Gasteiger partial charge < -0.3 is 0 Å². The second kappa shape index (κ2) is 8.91. The maximum absolute atomic E-state index is 12.5. The van der Waals surface area contributed by atoms with Crippen LogP contribution < -0.4 is 4.90 Å². The maximum atomic E-state index is 12.5. The van der Waals surface area contributed by atoms with Gasteiger partial charge in [0.2, 0.25) is 0 Å². The molecule has 0 saturated heterocycles. The molecule has 0 bridgehead atoms. The van der Waals surface area contributed by atoms with Crippen LogP contribution >= 0.6 is 0 Å². The number of benzene rings is 2. The number of likely N-dealkylation sites (N-methyl/N-ethyl adjacent to an activating group) is 1. The molecular formula is C24H22N2O2. The van der Waals surface area contributed by atoms with Crippen LogP contribution in [0.1, 0.15) is 27.0 Å². The van der Waals surface area contributed by atoms with Gasteiger partial charge in [-0.15, -0.1) is 0 Å². The third kappa shape index (κ3) is 5.01. The van der Waals surface area contributed by atoms with Crippen LogP contribution in [0.5, 0.6) is 0 Å². The number of Topliss-reactive ketones (excluding diaryl/α,β-unsaturated/α-hetero) is 1. The molecule has 4 nitrogen and oxygen atoms in total. The number of ketones is 1. The number of aromatic nitrogens is 1. The molecule has 0 aliphatic heterocycles. The number of carbonyl (C=O) groups is 2. The molecule has 0 radical (unpaired) electrons. The summed E-state index contributed by atoms with van der Waals surface area (Å²) in [6.07, 6.45) is 5.24. The third-order valence-corrected chi connectivity index (χ3v) is 4.40. The van der Waals surface area contributed by atoms with Gasteiger partial charge in [-0.3, -0.25) is 14.5 Å². The van der Waals surface area contributed by atoms with Crippen molar-refractivity contribution in [2.24, 2.45) is 0 Å². The molecule has 1 amide bonds. The first-order valence-corrected chi connectivity index (χ1v) is 9.08. The standard InChI is InChI=1S/C24H22N2O2/c1-18-7-5-10-21(15-18)22(27)17-20-9-6-8-19(16-20)12-13-24(28)26(2)23-11-3-4-14-25-23/h3-16H,17H2,1-2H3/b13-12+. The molecule has 0 fully saturated rings. The lowest BCUT2D eigenvalue weighted by Crippen LogP contribution is -2.24. The van der Waals surface area contributed by atoms with Crippen molar-refractivity contribution in [1.82, 2.24) is 4.98 Å². The topological polar surface area (TPSA) is 50.3 Å². The Balaban J connectivity index is 1.68. The predicted octanol–water partition coefficient (Wildman–Crippen LogP) is 4.49. The Labute approximate surface area is 165 Å². The van der Waals surface area contributed by atoms with Gasteiger partial charge in [-0.2, -0.15) is 0 Å². The Morgan fingerprint density at radius 2 is 1.82 bits per heavy atom. The smallest absolute Gasteiger partial charge is 0.251 e. The van der Waals surface area contributed by atoms with Crippen LogP contribution in [-0.2, 0) is 11.2 Å². The van der Waals surface area contributed by atoms with E-state index in [-0.39, 0.29) is 11.7 Å². The summed E-state index contributed by atoms with van der Waals surface area (Å²) in [5.41, 5.74) is 3.57. The van der Waals surface area contributed by atoms with Gasteiger partial charge >= 0.3 is 0 Å². The fourth-order valence-electron chi connectivity index (χ4n) is 2.86. The summed E-state index contributed by atoms with van der Waals surface area (Å²) in [7, 11) is 1.69. The fourth-order valence-corrected chi connectivity index (χ4v) is 2.86. The highest BCUT2D eigenvalue weighted by Crippen LogP contribution is 2.13. The highest BCUT2D eigenvalue weighted by Gasteiger charge is 2.09. The zero-order chi connectivity index (χ0) is 19.9. The summed E-state index contributed by atoms with van der Waals surface area (Å²) in [5.74, 6) is 0.505. The van der Waals surface area contributed by atoms with Crippen molar-refractivity contribution in [3.8, 4) is 0 Å². The number of rotatable bonds is 6.